The Balaban J connectivity index is 0.00000529. The number of ether oxygens (including phenoxy) is 2. The van der Waals surface area contributed by atoms with Gasteiger partial charge in [-0.05, 0) is 6.42 Å². The zero-order valence-corrected chi connectivity index (χ0v) is 17.3. The van der Waals surface area contributed by atoms with Crippen LogP contribution in [0.2, 0.25) is 0 Å². The Labute approximate surface area is 161 Å². The molecule has 140 valence electrons. The SMILES string of the molecule is CN=C(NCCCOCCOC)NCCc1nc(C(C)C)no1.I. The van der Waals surface area contributed by atoms with Gasteiger partial charge in [0, 0.05) is 46.2 Å². The number of hydrogen-bond donors (Lipinski definition) is 2. The van der Waals surface area contributed by atoms with E-state index in [9.17, 15) is 0 Å². The third-order valence-corrected chi connectivity index (χ3v) is 3.04. The summed E-state index contributed by atoms with van der Waals surface area (Å²) in [4.78, 5) is 8.51. The van der Waals surface area contributed by atoms with Crippen molar-refractivity contribution in [2.75, 3.05) is 47.1 Å². The van der Waals surface area contributed by atoms with E-state index in [1.807, 2.05) is 13.8 Å². The van der Waals surface area contributed by atoms with E-state index in [-0.39, 0.29) is 29.9 Å². The lowest BCUT2D eigenvalue weighted by atomic mass is 10.2. The fraction of sp³-hybridized carbons (Fsp3) is 0.800. The highest BCUT2D eigenvalue weighted by Crippen LogP contribution is 2.09. The standard InChI is InChI=1S/C15H29N5O3.HI/c1-12(2)14-19-13(23-20-14)6-8-18-15(16-3)17-7-5-9-22-11-10-21-4;/h12H,5-11H2,1-4H3,(H2,16,17,18);1H. The van der Waals surface area contributed by atoms with Crippen molar-refractivity contribution in [2.24, 2.45) is 4.99 Å². The minimum absolute atomic E-state index is 0. The first kappa shape index (κ1) is 23.1. The lowest BCUT2D eigenvalue weighted by Crippen LogP contribution is -2.39. The second-order valence-corrected chi connectivity index (χ2v) is 5.34. The van der Waals surface area contributed by atoms with E-state index in [4.69, 9.17) is 14.0 Å². The van der Waals surface area contributed by atoms with E-state index in [1.165, 1.54) is 0 Å². The van der Waals surface area contributed by atoms with Gasteiger partial charge < -0.3 is 24.6 Å². The van der Waals surface area contributed by atoms with E-state index in [2.05, 4.69) is 25.8 Å². The Hall–Kier alpha value is -0.940. The second-order valence-electron chi connectivity index (χ2n) is 5.34. The second kappa shape index (κ2) is 14.4. The monoisotopic (exact) mass is 455 g/mol. The van der Waals surface area contributed by atoms with E-state index >= 15 is 0 Å². The molecular formula is C15H30IN5O3. The van der Waals surface area contributed by atoms with Crippen molar-refractivity contribution >= 4 is 29.9 Å². The van der Waals surface area contributed by atoms with Crippen LogP contribution in [-0.4, -0.2) is 63.2 Å². The summed E-state index contributed by atoms with van der Waals surface area (Å²) in [7, 11) is 3.41. The minimum atomic E-state index is 0. The quantitative estimate of drug-likeness (QED) is 0.227. The molecule has 8 nitrogen and oxygen atoms in total. The average Bonchev–Trinajstić information content (AvgIpc) is 3.01. The van der Waals surface area contributed by atoms with Gasteiger partial charge in [-0.3, -0.25) is 4.99 Å². The van der Waals surface area contributed by atoms with Gasteiger partial charge in [0.2, 0.25) is 5.89 Å². The van der Waals surface area contributed by atoms with Gasteiger partial charge in [-0.15, -0.1) is 24.0 Å². The van der Waals surface area contributed by atoms with Crippen LogP contribution in [-0.2, 0) is 15.9 Å². The van der Waals surface area contributed by atoms with Crippen LogP contribution in [0.5, 0.6) is 0 Å². The first-order valence-electron chi connectivity index (χ1n) is 8.01. The van der Waals surface area contributed by atoms with Crippen molar-refractivity contribution in [3.8, 4) is 0 Å². The van der Waals surface area contributed by atoms with Crippen molar-refractivity contribution in [1.82, 2.24) is 20.8 Å². The summed E-state index contributed by atoms with van der Waals surface area (Å²) in [5.74, 6) is 2.42. The normalized spacial score (nSPS) is 11.5. The predicted octanol–water partition coefficient (Wildman–Crippen LogP) is 1.57. The van der Waals surface area contributed by atoms with Crippen molar-refractivity contribution in [2.45, 2.75) is 32.6 Å². The molecule has 1 aromatic rings. The molecule has 1 rings (SSSR count). The van der Waals surface area contributed by atoms with Crippen LogP contribution < -0.4 is 10.6 Å². The smallest absolute Gasteiger partial charge is 0.228 e. The molecule has 0 bridgehead atoms. The topological polar surface area (TPSA) is 93.8 Å². The molecule has 1 heterocycles. The molecule has 1 aromatic heterocycles. The van der Waals surface area contributed by atoms with Crippen LogP contribution in [0.1, 0.15) is 37.9 Å². The van der Waals surface area contributed by atoms with Crippen molar-refractivity contribution in [3.63, 3.8) is 0 Å². The number of nitrogens with one attached hydrogen (secondary N) is 2. The molecular weight excluding hydrogens is 425 g/mol. The fourth-order valence-corrected chi connectivity index (χ4v) is 1.74. The van der Waals surface area contributed by atoms with Crippen LogP contribution in [0.25, 0.3) is 0 Å². The maximum absolute atomic E-state index is 5.40. The Morgan fingerprint density at radius 1 is 1.21 bits per heavy atom. The number of rotatable bonds is 11. The van der Waals surface area contributed by atoms with Gasteiger partial charge in [-0.1, -0.05) is 19.0 Å². The lowest BCUT2D eigenvalue weighted by Gasteiger charge is -2.11. The van der Waals surface area contributed by atoms with Gasteiger partial charge in [0.25, 0.3) is 0 Å². The average molecular weight is 455 g/mol. The number of aliphatic imine (C=N–C) groups is 1. The van der Waals surface area contributed by atoms with Gasteiger partial charge in [-0.2, -0.15) is 4.98 Å². The van der Waals surface area contributed by atoms with E-state index in [0.717, 1.165) is 24.7 Å². The number of halogens is 1. The molecule has 0 atom stereocenters. The van der Waals surface area contributed by atoms with E-state index in [1.54, 1.807) is 14.2 Å². The van der Waals surface area contributed by atoms with Crippen LogP contribution in [0.15, 0.2) is 9.52 Å². The fourth-order valence-electron chi connectivity index (χ4n) is 1.74. The highest BCUT2D eigenvalue weighted by Gasteiger charge is 2.09. The van der Waals surface area contributed by atoms with Crippen molar-refractivity contribution in [1.29, 1.82) is 0 Å². The number of guanidine groups is 1. The van der Waals surface area contributed by atoms with Crippen LogP contribution in [0.4, 0.5) is 0 Å². The molecule has 0 spiro atoms. The molecule has 0 aromatic carbocycles. The summed E-state index contributed by atoms with van der Waals surface area (Å²) in [5, 5.41) is 10.4. The summed E-state index contributed by atoms with van der Waals surface area (Å²) in [6.07, 6.45) is 1.58. The summed E-state index contributed by atoms with van der Waals surface area (Å²) in [5.41, 5.74) is 0. The first-order chi connectivity index (χ1) is 11.2. The number of methoxy groups -OCH3 is 1. The zero-order chi connectivity index (χ0) is 16.9. The van der Waals surface area contributed by atoms with Crippen molar-refractivity contribution < 1.29 is 14.0 Å². The molecule has 0 fully saturated rings. The Morgan fingerprint density at radius 3 is 2.58 bits per heavy atom. The Morgan fingerprint density at radius 2 is 1.96 bits per heavy atom. The van der Waals surface area contributed by atoms with E-state index in [0.29, 0.717) is 38.7 Å². The zero-order valence-electron chi connectivity index (χ0n) is 15.0. The van der Waals surface area contributed by atoms with Gasteiger partial charge in [0.15, 0.2) is 11.8 Å². The summed E-state index contributed by atoms with van der Waals surface area (Å²) < 4.78 is 15.5. The van der Waals surface area contributed by atoms with Gasteiger partial charge in [0.05, 0.1) is 13.2 Å². The maximum atomic E-state index is 5.40. The van der Waals surface area contributed by atoms with Crippen LogP contribution in [0, 0.1) is 0 Å². The third kappa shape index (κ3) is 10.0. The molecule has 0 unspecified atom stereocenters. The molecule has 24 heavy (non-hydrogen) atoms. The van der Waals surface area contributed by atoms with Gasteiger partial charge in [0.1, 0.15) is 0 Å². The molecule has 0 aliphatic heterocycles. The lowest BCUT2D eigenvalue weighted by molar-refractivity contribution is 0.0698. The summed E-state index contributed by atoms with van der Waals surface area (Å²) >= 11 is 0. The number of hydrogen-bond acceptors (Lipinski definition) is 6. The summed E-state index contributed by atoms with van der Waals surface area (Å²) in [6, 6.07) is 0. The third-order valence-electron chi connectivity index (χ3n) is 3.04. The molecule has 0 saturated heterocycles. The van der Waals surface area contributed by atoms with Crippen LogP contribution >= 0.6 is 24.0 Å². The Bertz CT molecular complexity index is 454. The largest absolute Gasteiger partial charge is 0.382 e. The highest BCUT2D eigenvalue weighted by atomic mass is 127. The van der Waals surface area contributed by atoms with E-state index < -0.39 is 0 Å². The van der Waals surface area contributed by atoms with Gasteiger partial charge >= 0.3 is 0 Å². The molecule has 9 heteroatoms. The molecule has 0 saturated carbocycles. The summed E-state index contributed by atoms with van der Waals surface area (Å²) in [6.45, 7) is 7.52. The van der Waals surface area contributed by atoms with Crippen molar-refractivity contribution in [3.05, 3.63) is 11.7 Å². The number of nitrogens with zero attached hydrogens (tertiary/aromatic N) is 3. The molecule has 0 amide bonds. The molecule has 0 radical (unpaired) electrons. The molecule has 0 aliphatic carbocycles. The Kier molecular flexibility index (Phi) is 13.8. The molecule has 2 N–H and O–H groups in total. The highest BCUT2D eigenvalue weighted by molar-refractivity contribution is 14.0. The number of aromatic nitrogens is 2. The van der Waals surface area contributed by atoms with Crippen LogP contribution in [0.3, 0.4) is 0 Å². The predicted molar refractivity (Wildman–Crippen MR) is 104 cm³/mol. The maximum Gasteiger partial charge on any atom is 0.228 e. The minimum Gasteiger partial charge on any atom is -0.382 e. The first-order valence-corrected chi connectivity index (χ1v) is 8.01. The van der Waals surface area contributed by atoms with Gasteiger partial charge in [-0.25, -0.2) is 0 Å². The molecule has 0 aliphatic rings.